The number of carbonyl (C=O) groups is 2. The Morgan fingerprint density at radius 3 is 2.47 bits per heavy atom. The number of halogens is 2. The molecule has 0 aromatic heterocycles. The minimum absolute atomic E-state index is 0.278. The number of carbonyl (C=O) groups excluding carboxylic acids is 2. The third-order valence-electron chi connectivity index (χ3n) is 2.69. The largest absolute Gasteiger partial charge is 0.351 e. The van der Waals surface area contributed by atoms with Gasteiger partial charge in [0.05, 0.1) is 0 Å². The van der Waals surface area contributed by atoms with E-state index in [2.05, 4.69) is 0 Å². The molecule has 3 amide bonds. The normalized spacial score (nSPS) is 13.7. The molecule has 0 aliphatic heterocycles. The molecule has 2 atom stereocenters. The third-order valence-corrected chi connectivity index (χ3v) is 2.69. The molecule has 1 aromatic rings. The highest BCUT2D eigenvalue weighted by molar-refractivity contribution is 5.95. The van der Waals surface area contributed by atoms with Crippen LogP contribution < -0.4 is 16.4 Å². The Morgan fingerprint density at radius 1 is 1.32 bits per heavy atom. The number of hydrogen-bond acceptors (Lipinski definition) is 2. The molecule has 1 rings (SSSR count). The molecule has 0 heterocycles. The highest BCUT2D eigenvalue weighted by atomic mass is 19.1. The fourth-order valence-corrected chi connectivity index (χ4v) is 1.73. The molecule has 0 radical (unpaired) electrons. The SMILES string of the molecule is C[C@@H]([NH2+][C@H](C)c1ccc(F)cc1F)C(=O)NC(N)=O. The summed E-state index contributed by atoms with van der Waals surface area (Å²) < 4.78 is 26.3. The Morgan fingerprint density at radius 2 is 1.95 bits per heavy atom. The van der Waals surface area contributed by atoms with E-state index in [9.17, 15) is 18.4 Å². The summed E-state index contributed by atoms with van der Waals surface area (Å²) in [6.45, 7) is 3.22. The van der Waals surface area contributed by atoms with Gasteiger partial charge in [-0.05, 0) is 26.0 Å². The van der Waals surface area contributed by atoms with Crippen molar-refractivity contribution in [2.45, 2.75) is 25.9 Å². The van der Waals surface area contributed by atoms with E-state index in [1.165, 1.54) is 6.07 Å². The second kappa shape index (κ2) is 6.24. The van der Waals surface area contributed by atoms with Gasteiger partial charge in [0.25, 0.3) is 5.91 Å². The first kappa shape index (κ1) is 15.0. The number of imide groups is 1. The number of nitrogens with two attached hydrogens (primary N) is 2. The van der Waals surface area contributed by atoms with Crippen molar-refractivity contribution >= 4 is 11.9 Å². The van der Waals surface area contributed by atoms with Crippen molar-refractivity contribution < 1.29 is 23.7 Å². The second-order valence-corrected chi connectivity index (χ2v) is 4.29. The van der Waals surface area contributed by atoms with Gasteiger partial charge < -0.3 is 11.1 Å². The minimum atomic E-state index is -0.939. The van der Waals surface area contributed by atoms with Crippen LogP contribution in [0.2, 0.25) is 0 Å². The van der Waals surface area contributed by atoms with Crippen molar-refractivity contribution in [3.63, 3.8) is 0 Å². The van der Waals surface area contributed by atoms with Crippen LogP contribution in [0, 0.1) is 11.6 Å². The Balaban J connectivity index is 2.71. The van der Waals surface area contributed by atoms with Crippen molar-refractivity contribution in [1.82, 2.24) is 5.32 Å². The van der Waals surface area contributed by atoms with Crippen molar-refractivity contribution in [2.75, 3.05) is 0 Å². The lowest BCUT2D eigenvalue weighted by Gasteiger charge is -2.16. The molecule has 5 nitrogen and oxygen atoms in total. The number of rotatable bonds is 4. The molecular formula is C12H16F2N3O2+. The third kappa shape index (κ3) is 4.29. The van der Waals surface area contributed by atoms with E-state index in [1.807, 2.05) is 5.32 Å². The maximum absolute atomic E-state index is 13.5. The van der Waals surface area contributed by atoms with Crippen molar-refractivity contribution in [3.8, 4) is 0 Å². The standard InChI is InChI=1S/C12H15F2N3O2/c1-6(9-4-3-8(13)5-10(9)14)16-7(2)11(18)17-12(15)19/h3-7,16H,1-2H3,(H3,15,17,18,19)/p+1/t6-,7-/m1/s1. The van der Waals surface area contributed by atoms with E-state index < -0.39 is 35.7 Å². The van der Waals surface area contributed by atoms with Gasteiger partial charge in [-0.2, -0.15) is 0 Å². The zero-order valence-electron chi connectivity index (χ0n) is 10.6. The van der Waals surface area contributed by atoms with Gasteiger partial charge >= 0.3 is 6.03 Å². The highest BCUT2D eigenvalue weighted by Crippen LogP contribution is 2.14. The fraction of sp³-hybridized carbons (Fsp3) is 0.333. The average Bonchev–Trinajstić information content (AvgIpc) is 2.27. The molecule has 0 aliphatic carbocycles. The first-order valence-corrected chi connectivity index (χ1v) is 5.71. The average molecular weight is 272 g/mol. The van der Waals surface area contributed by atoms with Crippen LogP contribution in [0.15, 0.2) is 18.2 Å². The number of urea groups is 1. The van der Waals surface area contributed by atoms with E-state index in [4.69, 9.17) is 5.73 Å². The van der Waals surface area contributed by atoms with Crippen molar-refractivity contribution in [1.29, 1.82) is 0 Å². The van der Waals surface area contributed by atoms with Crippen LogP contribution in [-0.4, -0.2) is 18.0 Å². The van der Waals surface area contributed by atoms with Crippen LogP contribution in [0.3, 0.4) is 0 Å². The maximum atomic E-state index is 13.5. The number of nitrogens with one attached hydrogen (secondary N) is 1. The summed E-state index contributed by atoms with van der Waals surface area (Å²) in [6.07, 6.45) is 0. The number of benzene rings is 1. The molecule has 104 valence electrons. The molecule has 0 bridgehead atoms. The van der Waals surface area contributed by atoms with Crippen LogP contribution in [0.4, 0.5) is 13.6 Å². The van der Waals surface area contributed by atoms with Gasteiger partial charge in [-0.1, -0.05) is 0 Å². The molecule has 0 fully saturated rings. The summed E-state index contributed by atoms with van der Waals surface area (Å²) in [6, 6.07) is 1.28. The predicted octanol–water partition coefficient (Wildman–Crippen LogP) is 0.173. The monoisotopic (exact) mass is 272 g/mol. The van der Waals surface area contributed by atoms with Crippen LogP contribution in [0.1, 0.15) is 25.5 Å². The van der Waals surface area contributed by atoms with E-state index in [0.29, 0.717) is 0 Å². The quantitative estimate of drug-likeness (QED) is 0.729. The van der Waals surface area contributed by atoms with Crippen LogP contribution >= 0.6 is 0 Å². The molecule has 1 aromatic carbocycles. The lowest BCUT2D eigenvalue weighted by molar-refractivity contribution is -0.710. The van der Waals surface area contributed by atoms with Gasteiger partial charge in [0.2, 0.25) is 0 Å². The summed E-state index contributed by atoms with van der Waals surface area (Å²) in [5.74, 6) is -1.90. The zero-order valence-corrected chi connectivity index (χ0v) is 10.6. The van der Waals surface area contributed by atoms with Gasteiger partial charge in [0, 0.05) is 11.6 Å². The Bertz CT molecular complexity index is 494. The van der Waals surface area contributed by atoms with Crippen LogP contribution in [-0.2, 0) is 4.79 Å². The molecule has 0 aliphatic rings. The molecule has 0 saturated carbocycles. The van der Waals surface area contributed by atoms with Gasteiger partial charge in [-0.3, -0.25) is 10.1 Å². The topological polar surface area (TPSA) is 88.8 Å². The molecule has 0 unspecified atom stereocenters. The van der Waals surface area contributed by atoms with Gasteiger partial charge in [0.1, 0.15) is 17.7 Å². The Labute approximate surface area is 109 Å². The zero-order chi connectivity index (χ0) is 14.6. The molecule has 7 heteroatoms. The van der Waals surface area contributed by atoms with Crippen molar-refractivity contribution in [3.05, 3.63) is 35.4 Å². The number of hydrogen-bond donors (Lipinski definition) is 3. The summed E-state index contributed by atoms with van der Waals surface area (Å²) in [5, 5.41) is 3.49. The molecule has 5 N–H and O–H groups in total. The first-order valence-electron chi connectivity index (χ1n) is 5.71. The summed E-state index contributed by atoms with van der Waals surface area (Å²) in [5.41, 5.74) is 5.11. The van der Waals surface area contributed by atoms with E-state index in [1.54, 1.807) is 19.2 Å². The van der Waals surface area contributed by atoms with Gasteiger partial charge in [0.15, 0.2) is 6.04 Å². The lowest BCUT2D eigenvalue weighted by Crippen LogP contribution is -2.92. The van der Waals surface area contributed by atoms with Gasteiger partial charge in [-0.25, -0.2) is 13.6 Å². The Kier molecular flexibility index (Phi) is 4.94. The summed E-state index contributed by atoms with van der Waals surface area (Å²) >= 11 is 0. The summed E-state index contributed by atoms with van der Waals surface area (Å²) in [7, 11) is 0. The highest BCUT2D eigenvalue weighted by Gasteiger charge is 2.23. The van der Waals surface area contributed by atoms with Gasteiger partial charge in [-0.15, -0.1) is 0 Å². The number of primary amides is 1. The second-order valence-electron chi connectivity index (χ2n) is 4.29. The number of amides is 3. The summed E-state index contributed by atoms with van der Waals surface area (Å²) in [4.78, 5) is 22.0. The molecule has 0 saturated heterocycles. The molecular weight excluding hydrogens is 256 g/mol. The van der Waals surface area contributed by atoms with E-state index in [-0.39, 0.29) is 5.56 Å². The van der Waals surface area contributed by atoms with Crippen molar-refractivity contribution in [2.24, 2.45) is 5.73 Å². The Hall–Kier alpha value is -2.02. The first-order chi connectivity index (χ1) is 8.81. The maximum Gasteiger partial charge on any atom is 0.319 e. The molecule has 19 heavy (non-hydrogen) atoms. The van der Waals surface area contributed by atoms with Crippen LogP contribution in [0.5, 0.6) is 0 Å². The smallest absolute Gasteiger partial charge is 0.319 e. The lowest BCUT2D eigenvalue weighted by atomic mass is 10.1. The van der Waals surface area contributed by atoms with Crippen LogP contribution in [0.25, 0.3) is 0 Å². The fourth-order valence-electron chi connectivity index (χ4n) is 1.73. The van der Waals surface area contributed by atoms with E-state index >= 15 is 0 Å². The predicted molar refractivity (Wildman–Crippen MR) is 63.9 cm³/mol. The molecule has 0 spiro atoms. The van der Waals surface area contributed by atoms with E-state index in [0.717, 1.165) is 12.1 Å². The minimum Gasteiger partial charge on any atom is -0.351 e. The number of quaternary nitrogens is 1.